The van der Waals surface area contributed by atoms with E-state index in [1.807, 2.05) is 19.1 Å². The summed E-state index contributed by atoms with van der Waals surface area (Å²) in [6.45, 7) is 1.90. The van der Waals surface area contributed by atoms with E-state index in [-0.39, 0.29) is 5.92 Å². The van der Waals surface area contributed by atoms with E-state index in [0.717, 1.165) is 5.56 Å². The lowest BCUT2D eigenvalue weighted by atomic mass is 9.88. The van der Waals surface area contributed by atoms with Crippen LogP contribution in [-0.4, -0.2) is 30.1 Å². The molecule has 0 fully saturated rings. The number of amides is 1. The minimum atomic E-state index is -1.05. The van der Waals surface area contributed by atoms with Crippen molar-refractivity contribution in [2.45, 2.75) is 25.3 Å². The highest BCUT2D eigenvalue weighted by molar-refractivity contribution is 5.96. The zero-order valence-electron chi connectivity index (χ0n) is 13.7. The summed E-state index contributed by atoms with van der Waals surface area (Å²) in [4.78, 5) is 24.0. The molecule has 2 atom stereocenters. The molecule has 0 aliphatic heterocycles. The molecule has 0 saturated carbocycles. The highest BCUT2D eigenvalue weighted by Crippen LogP contribution is 2.26. The monoisotopic (exact) mass is 327 g/mol. The first-order chi connectivity index (χ1) is 11.6. The molecule has 126 valence electrons. The van der Waals surface area contributed by atoms with Gasteiger partial charge in [-0.25, -0.2) is 4.79 Å². The maximum atomic E-state index is 12.3. The summed E-state index contributed by atoms with van der Waals surface area (Å²) >= 11 is 0. The lowest BCUT2D eigenvalue weighted by Crippen LogP contribution is -2.44. The predicted molar refractivity (Wildman–Crippen MR) is 91.4 cm³/mol. The molecule has 2 aromatic carbocycles. The van der Waals surface area contributed by atoms with Gasteiger partial charge in [0.1, 0.15) is 11.8 Å². The fourth-order valence-electron chi connectivity index (χ4n) is 2.66. The van der Waals surface area contributed by atoms with Crippen LogP contribution < -0.4 is 10.1 Å². The van der Waals surface area contributed by atoms with Gasteiger partial charge in [-0.2, -0.15) is 0 Å². The van der Waals surface area contributed by atoms with Crippen LogP contribution in [0.2, 0.25) is 0 Å². The van der Waals surface area contributed by atoms with Crippen molar-refractivity contribution in [3.8, 4) is 5.75 Å². The number of hydrogen-bond donors (Lipinski definition) is 2. The molecule has 5 nitrogen and oxygen atoms in total. The van der Waals surface area contributed by atoms with Crippen LogP contribution in [0.5, 0.6) is 5.75 Å². The van der Waals surface area contributed by atoms with Crippen LogP contribution in [0.15, 0.2) is 54.6 Å². The summed E-state index contributed by atoms with van der Waals surface area (Å²) in [6, 6.07) is 14.8. The third-order valence-corrected chi connectivity index (χ3v) is 3.97. The largest absolute Gasteiger partial charge is 0.497 e. The Balaban J connectivity index is 2.23. The van der Waals surface area contributed by atoms with Crippen molar-refractivity contribution in [1.29, 1.82) is 0 Å². The molecular weight excluding hydrogens is 306 g/mol. The van der Waals surface area contributed by atoms with Crippen molar-refractivity contribution < 1.29 is 19.4 Å². The summed E-state index contributed by atoms with van der Waals surface area (Å²) in [5.41, 5.74) is 1.28. The Morgan fingerprint density at radius 1 is 1.08 bits per heavy atom. The summed E-state index contributed by atoms with van der Waals surface area (Å²) in [6.07, 6.45) is 0.582. The molecule has 0 bridgehead atoms. The second-order valence-electron chi connectivity index (χ2n) is 5.44. The van der Waals surface area contributed by atoms with Gasteiger partial charge in [0.2, 0.25) is 0 Å². The Bertz CT molecular complexity index is 682. The van der Waals surface area contributed by atoms with Gasteiger partial charge in [0.15, 0.2) is 0 Å². The van der Waals surface area contributed by atoms with Gasteiger partial charge in [-0.1, -0.05) is 37.3 Å². The van der Waals surface area contributed by atoms with Crippen LogP contribution in [0, 0.1) is 0 Å². The molecule has 2 aromatic rings. The number of carboxylic acids is 1. The summed E-state index contributed by atoms with van der Waals surface area (Å²) in [5, 5.41) is 12.2. The molecule has 2 N–H and O–H groups in total. The molecule has 0 aromatic heterocycles. The zero-order chi connectivity index (χ0) is 17.5. The topological polar surface area (TPSA) is 75.6 Å². The molecule has 2 rings (SSSR count). The summed E-state index contributed by atoms with van der Waals surface area (Å²) in [7, 11) is 1.58. The van der Waals surface area contributed by atoms with Crippen molar-refractivity contribution in [2.75, 3.05) is 7.11 Å². The van der Waals surface area contributed by atoms with Crippen LogP contribution >= 0.6 is 0 Å². The highest BCUT2D eigenvalue weighted by Gasteiger charge is 2.30. The van der Waals surface area contributed by atoms with E-state index < -0.39 is 17.9 Å². The zero-order valence-corrected chi connectivity index (χ0v) is 13.7. The van der Waals surface area contributed by atoms with Gasteiger partial charge in [-0.05, 0) is 36.2 Å². The number of carbonyl (C=O) groups excluding carboxylic acids is 1. The average Bonchev–Trinajstić information content (AvgIpc) is 2.62. The normalized spacial score (nSPS) is 12.9. The van der Waals surface area contributed by atoms with Crippen LogP contribution in [0.3, 0.4) is 0 Å². The Hall–Kier alpha value is -2.82. The molecule has 24 heavy (non-hydrogen) atoms. The molecule has 2 unspecified atom stereocenters. The van der Waals surface area contributed by atoms with Crippen LogP contribution in [-0.2, 0) is 4.79 Å². The minimum absolute atomic E-state index is 0.332. The Labute approximate surface area is 141 Å². The molecule has 1 amide bonds. The first-order valence-corrected chi connectivity index (χ1v) is 7.79. The van der Waals surface area contributed by atoms with Gasteiger partial charge in [-0.15, -0.1) is 0 Å². The molecular formula is C19H21NO4. The van der Waals surface area contributed by atoms with Crippen molar-refractivity contribution in [3.63, 3.8) is 0 Å². The van der Waals surface area contributed by atoms with Gasteiger partial charge in [0, 0.05) is 11.5 Å². The second kappa shape index (κ2) is 8.15. The lowest BCUT2D eigenvalue weighted by molar-refractivity contribution is -0.139. The van der Waals surface area contributed by atoms with Crippen molar-refractivity contribution in [3.05, 3.63) is 65.7 Å². The summed E-state index contributed by atoms with van der Waals surface area (Å²) in [5.74, 6) is -1.08. The lowest BCUT2D eigenvalue weighted by Gasteiger charge is -2.24. The van der Waals surface area contributed by atoms with Crippen LogP contribution in [0.1, 0.15) is 35.2 Å². The number of carbonyl (C=O) groups is 2. The van der Waals surface area contributed by atoms with Gasteiger partial charge in [0.05, 0.1) is 7.11 Å². The van der Waals surface area contributed by atoms with Crippen LogP contribution in [0.4, 0.5) is 0 Å². The number of carboxylic acid groups (broad SMARTS) is 1. The van der Waals surface area contributed by atoms with E-state index in [9.17, 15) is 14.7 Å². The first-order valence-electron chi connectivity index (χ1n) is 7.79. The molecule has 0 saturated heterocycles. The first kappa shape index (κ1) is 17.5. The second-order valence-corrected chi connectivity index (χ2v) is 5.44. The number of hydrogen-bond acceptors (Lipinski definition) is 3. The molecule has 0 aliphatic carbocycles. The Morgan fingerprint density at radius 3 is 2.21 bits per heavy atom. The van der Waals surface area contributed by atoms with Gasteiger partial charge in [0.25, 0.3) is 5.91 Å². The maximum Gasteiger partial charge on any atom is 0.326 e. The number of aliphatic carboxylic acids is 1. The fraction of sp³-hybridized carbons (Fsp3) is 0.263. The van der Waals surface area contributed by atoms with Crippen molar-refractivity contribution in [1.82, 2.24) is 5.32 Å². The van der Waals surface area contributed by atoms with E-state index in [1.165, 1.54) is 0 Å². The predicted octanol–water partition coefficient (Wildman–Crippen LogP) is 3.07. The molecule has 0 aliphatic rings. The molecule has 0 spiro atoms. The van der Waals surface area contributed by atoms with Gasteiger partial charge >= 0.3 is 5.97 Å². The third kappa shape index (κ3) is 4.13. The van der Waals surface area contributed by atoms with E-state index in [2.05, 4.69) is 5.32 Å². The smallest absolute Gasteiger partial charge is 0.326 e. The average molecular weight is 327 g/mol. The highest BCUT2D eigenvalue weighted by atomic mass is 16.5. The fourth-order valence-corrected chi connectivity index (χ4v) is 2.66. The maximum absolute atomic E-state index is 12.3. The number of rotatable bonds is 7. The Kier molecular flexibility index (Phi) is 5.95. The quantitative estimate of drug-likeness (QED) is 0.819. The van der Waals surface area contributed by atoms with Crippen LogP contribution in [0.25, 0.3) is 0 Å². The SMILES string of the molecule is CCC(c1ccc(OC)cc1)C(NC(=O)c1ccccc1)C(=O)O. The van der Waals surface area contributed by atoms with E-state index >= 15 is 0 Å². The van der Waals surface area contributed by atoms with Crippen molar-refractivity contribution >= 4 is 11.9 Å². The standard InChI is InChI=1S/C19H21NO4/c1-3-16(13-9-11-15(24-2)12-10-13)17(19(22)23)20-18(21)14-7-5-4-6-8-14/h4-12,16-17H,3H2,1-2H3,(H,20,21)(H,22,23). The third-order valence-electron chi connectivity index (χ3n) is 3.97. The van der Waals surface area contributed by atoms with Gasteiger partial charge < -0.3 is 15.2 Å². The Morgan fingerprint density at radius 2 is 1.71 bits per heavy atom. The molecule has 0 radical (unpaired) electrons. The van der Waals surface area contributed by atoms with E-state index in [0.29, 0.717) is 17.7 Å². The number of benzene rings is 2. The van der Waals surface area contributed by atoms with E-state index in [4.69, 9.17) is 4.74 Å². The number of methoxy groups -OCH3 is 1. The number of ether oxygens (including phenoxy) is 1. The molecule has 0 heterocycles. The van der Waals surface area contributed by atoms with E-state index in [1.54, 1.807) is 49.6 Å². The number of nitrogens with one attached hydrogen (secondary N) is 1. The summed E-state index contributed by atoms with van der Waals surface area (Å²) < 4.78 is 5.13. The minimum Gasteiger partial charge on any atom is -0.497 e. The van der Waals surface area contributed by atoms with Crippen molar-refractivity contribution in [2.24, 2.45) is 0 Å². The molecule has 5 heteroatoms. The van der Waals surface area contributed by atoms with Gasteiger partial charge in [-0.3, -0.25) is 4.79 Å².